The minimum atomic E-state index is -1.21. The molecule has 0 N–H and O–H groups in total. The van der Waals surface area contributed by atoms with Gasteiger partial charge in [0.1, 0.15) is 0 Å². The number of rotatable bonds is 2. The van der Waals surface area contributed by atoms with Crippen molar-refractivity contribution in [2.45, 2.75) is 0 Å². The van der Waals surface area contributed by atoms with Crippen LogP contribution >= 0.6 is 11.6 Å². The van der Waals surface area contributed by atoms with Gasteiger partial charge in [-0.05, 0) is 29.8 Å². The molecule has 0 saturated carbocycles. The van der Waals surface area contributed by atoms with Crippen molar-refractivity contribution in [3.8, 4) is 5.69 Å². The van der Waals surface area contributed by atoms with E-state index in [-0.39, 0.29) is 5.56 Å². The molecule has 4 heteroatoms. The molecule has 0 aliphatic carbocycles. The van der Waals surface area contributed by atoms with E-state index in [1.165, 1.54) is 12.1 Å². The highest BCUT2D eigenvalue weighted by molar-refractivity contribution is 6.32. The number of benzene rings is 1. The zero-order valence-electron chi connectivity index (χ0n) is 7.68. The molecular formula is C11H7ClNO2-. The van der Waals surface area contributed by atoms with Gasteiger partial charge in [0.15, 0.2) is 0 Å². The van der Waals surface area contributed by atoms with E-state index in [9.17, 15) is 9.90 Å². The maximum absolute atomic E-state index is 10.7. The van der Waals surface area contributed by atoms with Crippen LogP contribution in [0.4, 0.5) is 0 Å². The number of hydrogen-bond donors (Lipinski definition) is 0. The molecule has 76 valence electrons. The lowest BCUT2D eigenvalue weighted by molar-refractivity contribution is -0.255. The molecule has 0 spiro atoms. The summed E-state index contributed by atoms with van der Waals surface area (Å²) in [6, 6.07) is 8.12. The average molecular weight is 221 g/mol. The first kappa shape index (κ1) is 9.80. The van der Waals surface area contributed by atoms with Gasteiger partial charge in [-0.15, -0.1) is 0 Å². The number of carbonyl (C=O) groups is 1. The Morgan fingerprint density at radius 1 is 1.27 bits per heavy atom. The summed E-state index contributed by atoms with van der Waals surface area (Å²) in [5.74, 6) is -1.21. The SMILES string of the molecule is O=C([O-])c1ccc(Cl)c(-n2cccc2)c1. The Morgan fingerprint density at radius 3 is 2.53 bits per heavy atom. The van der Waals surface area contributed by atoms with E-state index in [1.54, 1.807) is 23.0 Å². The highest BCUT2D eigenvalue weighted by Crippen LogP contribution is 2.21. The second kappa shape index (κ2) is 3.79. The summed E-state index contributed by atoms with van der Waals surface area (Å²) in [7, 11) is 0. The van der Waals surface area contributed by atoms with Gasteiger partial charge >= 0.3 is 0 Å². The van der Waals surface area contributed by atoms with E-state index in [4.69, 9.17) is 11.6 Å². The maximum Gasteiger partial charge on any atom is 0.0716 e. The second-order valence-corrected chi connectivity index (χ2v) is 3.45. The van der Waals surface area contributed by atoms with Gasteiger partial charge in [-0.25, -0.2) is 0 Å². The average Bonchev–Trinajstić information content (AvgIpc) is 2.71. The van der Waals surface area contributed by atoms with Gasteiger partial charge < -0.3 is 14.5 Å². The van der Waals surface area contributed by atoms with Gasteiger partial charge in [0.25, 0.3) is 0 Å². The molecule has 0 radical (unpaired) electrons. The molecule has 1 aromatic heterocycles. The van der Waals surface area contributed by atoms with Crippen LogP contribution in [0.3, 0.4) is 0 Å². The molecule has 2 aromatic rings. The molecule has 0 amide bonds. The number of nitrogens with zero attached hydrogens (tertiary/aromatic N) is 1. The fourth-order valence-electron chi connectivity index (χ4n) is 1.33. The predicted octanol–water partition coefficient (Wildman–Crippen LogP) is 1.49. The van der Waals surface area contributed by atoms with Crippen LogP contribution in [-0.2, 0) is 0 Å². The summed E-state index contributed by atoms with van der Waals surface area (Å²) in [6.07, 6.45) is 3.58. The van der Waals surface area contributed by atoms with Crippen LogP contribution in [0.25, 0.3) is 5.69 Å². The van der Waals surface area contributed by atoms with Crippen molar-refractivity contribution in [2.24, 2.45) is 0 Å². The van der Waals surface area contributed by atoms with Crippen molar-refractivity contribution in [1.29, 1.82) is 0 Å². The summed E-state index contributed by atoms with van der Waals surface area (Å²) in [5.41, 5.74) is 0.742. The zero-order valence-corrected chi connectivity index (χ0v) is 8.44. The summed E-state index contributed by atoms with van der Waals surface area (Å²) < 4.78 is 1.74. The van der Waals surface area contributed by atoms with Crippen molar-refractivity contribution in [3.05, 3.63) is 53.3 Å². The fraction of sp³-hybridized carbons (Fsp3) is 0. The molecule has 1 aromatic carbocycles. The van der Waals surface area contributed by atoms with Gasteiger partial charge in [0.2, 0.25) is 0 Å². The number of hydrogen-bond acceptors (Lipinski definition) is 2. The van der Waals surface area contributed by atoms with Gasteiger partial charge in [-0.2, -0.15) is 0 Å². The Kier molecular flexibility index (Phi) is 2.47. The minimum absolute atomic E-state index is 0.114. The van der Waals surface area contributed by atoms with E-state index < -0.39 is 5.97 Å². The van der Waals surface area contributed by atoms with E-state index in [0.29, 0.717) is 10.7 Å². The molecule has 0 fully saturated rings. The second-order valence-electron chi connectivity index (χ2n) is 3.04. The molecule has 1 heterocycles. The van der Waals surface area contributed by atoms with E-state index in [1.807, 2.05) is 12.1 Å². The monoisotopic (exact) mass is 220 g/mol. The third-order valence-corrected chi connectivity index (χ3v) is 2.38. The summed E-state index contributed by atoms with van der Waals surface area (Å²) in [4.78, 5) is 10.7. The van der Waals surface area contributed by atoms with Crippen molar-refractivity contribution in [2.75, 3.05) is 0 Å². The van der Waals surface area contributed by atoms with Gasteiger partial charge in [0.05, 0.1) is 16.7 Å². The first-order valence-electron chi connectivity index (χ1n) is 4.33. The Morgan fingerprint density at radius 2 is 1.93 bits per heavy atom. The largest absolute Gasteiger partial charge is 0.545 e. The van der Waals surface area contributed by atoms with Crippen LogP contribution in [0.15, 0.2) is 42.7 Å². The lowest BCUT2D eigenvalue weighted by Gasteiger charge is -2.09. The van der Waals surface area contributed by atoms with Crippen LogP contribution in [0.5, 0.6) is 0 Å². The van der Waals surface area contributed by atoms with Crippen molar-refractivity contribution >= 4 is 17.6 Å². The highest BCUT2D eigenvalue weighted by atomic mass is 35.5. The third kappa shape index (κ3) is 1.87. The summed E-state index contributed by atoms with van der Waals surface area (Å²) in [5, 5.41) is 11.2. The minimum Gasteiger partial charge on any atom is -0.545 e. The number of aromatic carboxylic acids is 1. The summed E-state index contributed by atoms with van der Waals surface area (Å²) >= 11 is 5.96. The molecule has 0 bridgehead atoms. The van der Waals surface area contributed by atoms with Gasteiger partial charge in [-0.3, -0.25) is 0 Å². The Labute approximate surface area is 91.5 Å². The smallest absolute Gasteiger partial charge is 0.0716 e. The summed E-state index contributed by atoms with van der Waals surface area (Å²) in [6.45, 7) is 0. The number of carboxylic acid groups (broad SMARTS) is 1. The van der Waals surface area contributed by atoms with Gasteiger partial charge in [-0.1, -0.05) is 17.7 Å². The number of carbonyl (C=O) groups excluding carboxylic acids is 1. The van der Waals surface area contributed by atoms with Crippen LogP contribution in [0, 0.1) is 0 Å². The topological polar surface area (TPSA) is 45.1 Å². The molecule has 0 aliphatic rings. The van der Waals surface area contributed by atoms with Crippen molar-refractivity contribution < 1.29 is 9.90 Å². The van der Waals surface area contributed by atoms with E-state index >= 15 is 0 Å². The van der Waals surface area contributed by atoms with Gasteiger partial charge in [0, 0.05) is 12.4 Å². The molecule has 15 heavy (non-hydrogen) atoms. The highest BCUT2D eigenvalue weighted by Gasteiger charge is 2.03. The Hall–Kier alpha value is -1.74. The molecule has 0 aliphatic heterocycles. The van der Waals surface area contributed by atoms with Crippen LogP contribution < -0.4 is 5.11 Å². The molecule has 0 atom stereocenters. The normalized spacial score (nSPS) is 10.2. The van der Waals surface area contributed by atoms with Crippen LogP contribution in [0.1, 0.15) is 10.4 Å². The Balaban J connectivity index is 2.55. The van der Waals surface area contributed by atoms with E-state index in [2.05, 4.69) is 0 Å². The molecule has 3 nitrogen and oxygen atoms in total. The number of halogens is 1. The molecule has 2 rings (SSSR count). The van der Waals surface area contributed by atoms with Crippen molar-refractivity contribution in [3.63, 3.8) is 0 Å². The lowest BCUT2D eigenvalue weighted by atomic mass is 10.2. The Bertz CT molecular complexity index is 491. The zero-order chi connectivity index (χ0) is 10.8. The fourth-order valence-corrected chi connectivity index (χ4v) is 1.55. The van der Waals surface area contributed by atoms with Crippen molar-refractivity contribution in [1.82, 2.24) is 4.57 Å². The predicted molar refractivity (Wildman–Crippen MR) is 55.1 cm³/mol. The number of aromatic nitrogens is 1. The third-order valence-electron chi connectivity index (χ3n) is 2.06. The molecular weight excluding hydrogens is 214 g/mol. The van der Waals surface area contributed by atoms with E-state index in [0.717, 1.165) is 0 Å². The molecule has 0 saturated heterocycles. The quantitative estimate of drug-likeness (QED) is 0.770. The first-order valence-corrected chi connectivity index (χ1v) is 4.70. The first-order chi connectivity index (χ1) is 7.18. The number of carboxylic acids is 1. The standard InChI is InChI=1S/C11H8ClNO2/c12-9-4-3-8(11(14)15)7-10(9)13-5-1-2-6-13/h1-7H,(H,14,15)/p-1. The molecule has 0 unspecified atom stereocenters. The maximum atomic E-state index is 10.7. The lowest BCUT2D eigenvalue weighted by Crippen LogP contribution is -2.22. The van der Waals surface area contributed by atoms with Crippen LogP contribution in [0.2, 0.25) is 5.02 Å². The van der Waals surface area contributed by atoms with Crippen LogP contribution in [-0.4, -0.2) is 10.5 Å².